The molecule has 0 saturated carbocycles. The summed E-state index contributed by atoms with van der Waals surface area (Å²) in [6.45, 7) is 11.4. The average molecular weight is 732 g/mol. The number of rotatable bonds is 20. The van der Waals surface area contributed by atoms with E-state index in [1.807, 2.05) is 27.7 Å². The number of primary amides is 1. The Labute approximate surface area is 298 Å². The molecule has 0 saturated heterocycles. The van der Waals surface area contributed by atoms with Crippen LogP contribution in [0.25, 0.3) is 0 Å². The zero-order valence-corrected chi connectivity index (χ0v) is 33.0. The lowest BCUT2D eigenvalue weighted by Crippen LogP contribution is -2.59. The zero-order valence-electron chi connectivity index (χ0n) is 32.2. The Balaban J connectivity index is 6.44. The fourth-order valence-electron chi connectivity index (χ4n) is 5.57. The molecule has 0 unspecified atom stereocenters. The molecule has 0 rings (SSSR count). The van der Waals surface area contributed by atoms with E-state index in [1.54, 1.807) is 13.8 Å². The van der Waals surface area contributed by atoms with Crippen molar-refractivity contribution in [2.24, 2.45) is 23.5 Å². The van der Waals surface area contributed by atoms with Gasteiger partial charge in [0.1, 0.15) is 34.0 Å². The highest BCUT2D eigenvalue weighted by Crippen LogP contribution is 2.19. The number of nitrogens with one attached hydrogen (secondary N) is 1. The quantitative estimate of drug-likeness (QED) is 0.166. The standard InChI is InChI=1S/C33H61N7O9S/c1-14-22(6)29(38(10)23(7)41)33(47)37(9)19-27(43)39(11)25(17-20(2)3)30(44)35-24(15-16-50(13,48)49)31(45)40(12)28(21(4)5)32(46)36(8)18-26(34)42/h20-22,24-25,28-29H,14-19H2,1-13H3,(H2,34,42)(H,35,44)/t22-,24-,25-,28-,29-/m0/s1. The van der Waals surface area contributed by atoms with Gasteiger partial charge in [0.05, 0.1) is 18.8 Å². The molecule has 5 atom stereocenters. The van der Waals surface area contributed by atoms with Crippen LogP contribution in [0.15, 0.2) is 0 Å². The number of likely N-dealkylation sites (N-methyl/N-ethyl adjacent to an activating group) is 5. The fraction of sp³-hybridized carbons (Fsp3) is 0.788. The van der Waals surface area contributed by atoms with Crippen molar-refractivity contribution in [2.45, 2.75) is 91.9 Å². The van der Waals surface area contributed by atoms with E-state index in [1.165, 1.54) is 56.9 Å². The smallest absolute Gasteiger partial charge is 0.245 e. The second kappa shape index (κ2) is 20.2. The first-order valence-corrected chi connectivity index (χ1v) is 18.9. The molecule has 16 nitrogen and oxygen atoms in total. The van der Waals surface area contributed by atoms with Gasteiger partial charge in [0.2, 0.25) is 41.4 Å². The van der Waals surface area contributed by atoms with E-state index in [0.717, 1.165) is 16.1 Å². The number of carbonyl (C=O) groups is 7. The Bertz CT molecular complexity index is 1340. The van der Waals surface area contributed by atoms with E-state index in [9.17, 15) is 42.0 Å². The third-order valence-electron chi connectivity index (χ3n) is 8.77. The van der Waals surface area contributed by atoms with Gasteiger partial charge in [0.25, 0.3) is 0 Å². The van der Waals surface area contributed by atoms with Gasteiger partial charge in [0, 0.05) is 48.4 Å². The topological polar surface area (TPSA) is 208 Å². The lowest BCUT2D eigenvalue weighted by molar-refractivity contribution is -0.150. The van der Waals surface area contributed by atoms with Crippen molar-refractivity contribution in [3.63, 3.8) is 0 Å². The average Bonchev–Trinajstić information content (AvgIpc) is 2.99. The van der Waals surface area contributed by atoms with Crippen LogP contribution in [0.2, 0.25) is 0 Å². The molecule has 0 aromatic rings. The number of hydrogen-bond acceptors (Lipinski definition) is 9. The molecule has 0 heterocycles. The number of nitrogens with two attached hydrogens (primary N) is 1. The van der Waals surface area contributed by atoms with Crippen LogP contribution in [0, 0.1) is 17.8 Å². The molecule has 0 radical (unpaired) electrons. The lowest BCUT2D eigenvalue weighted by Gasteiger charge is -2.36. The summed E-state index contributed by atoms with van der Waals surface area (Å²) in [5, 5.41) is 2.64. The minimum atomic E-state index is -3.59. The highest BCUT2D eigenvalue weighted by Gasteiger charge is 2.38. The largest absolute Gasteiger partial charge is 0.368 e. The van der Waals surface area contributed by atoms with Crippen LogP contribution in [-0.2, 0) is 43.4 Å². The molecule has 288 valence electrons. The number of sulfone groups is 1. The third kappa shape index (κ3) is 14.2. The molecule has 0 fully saturated rings. The Hall–Kier alpha value is -3.76. The molecule has 0 bridgehead atoms. The van der Waals surface area contributed by atoms with Gasteiger partial charge in [-0.05, 0) is 30.6 Å². The molecule has 0 aromatic carbocycles. The SMILES string of the molecule is CC[C@H](C)[C@@H](C(=O)N(C)CC(=O)N(C)[C@@H](CC(C)C)C(=O)N[C@@H](CCS(C)(=O)=O)C(=O)N(C)[C@H](C(=O)N(C)CC(N)=O)C(C)C)N(C)C(C)=O. The second-order valence-corrected chi connectivity index (χ2v) is 16.3. The maximum Gasteiger partial charge on any atom is 0.245 e. The fourth-order valence-corrected chi connectivity index (χ4v) is 6.23. The van der Waals surface area contributed by atoms with Crippen molar-refractivity contribution < 1.29 is 42.0 Å². The highest BCUT2D eigenvalue weighted by atomic mass is 32.2. The first kappa shape index (κ1) is 46.2. The van der Waals surface area contributed by atoms with Crippen LogP contribution >= 0.6 is 0 Å². The van der Waals surface area contributed by atoms with Gasteiger partial charge in [-0.2, -0.15) is 0 Å². The van der Waals surface area contributed by atoms with E-state index >= 15 is 0 Å². The normalized spacial score (nSPS) is 14.5. The molecule has 7 amide bonds. The Morgan fingerprint density at radius 3 is 1.66 bits per heavy atom. The van der Waals surface area contributed by atoms with Crippen LogP contribution in [0.4, 0.5) is 0 Å². The summed E-state index contributed by atoms with van der Waals surface area (Å²) in [5.41, 5.74) is 5.25. The molecule has 0 spiro atoms. The monoisotopic (exact) mass is 731 g/mol. The van der Waals surface area contributed by atoms with E-state index in [2.05, 4.69) is 5.32 Å². The Morgan fingerprint density at radius 1 is 0.740 bits per heavy atom. The summed E-state index contributed by atoms with van der Waals surface area (Å²) in [4.78, 5) is 97.6. The van der Waals surface area contributed by atoms with Crippen LogP contribution < -0.4 is 11.1 Å². The van der Waals surface area contributed by atoms with Gasteiger partial charge >= 0.3 is 0 Å². The van der Waals surface area contributed by atoms with Crippen molar-refractivity contribution in [1.82, 2.24) is 29.8 Å². The highest BCUT2D eigenvalue weighted by molar-refractivity contribution is 7.90. The number of carbonyl (C=O) groups excluding carboxylic acids is 7. The third-order valence-corrected chi connectivity index (χ3v) is 9.74. The van der Waals surface area contributed by atoms with Gasteiger partial charge in [-0.15, -0.1) is 0 Å². The first-order chi connectivity index (χ1) is 22.8. The summed E-state index contributed by atoms with van der Waals surface area (Å²) in [6, 6.07) is -4.38. The zero-order chi connectivity index (χ0) is 39.4. The predicted octanol–water partition coefficient (Wildman–Crippen LogP) is -0.443. The van der Waals surface area contributed by atoms with Crippen molar-refractivity contribution >= 4 is 51.2 Å². The van der Waals surface area contributed by atoms with Gasteiger partial charge in [-0.1, -0.05) is 48.0 Å². The van der Waals surface area contributed by atoms with Gasteiger partial charge in [-0.3, -0.25) is 33.6 Å². The van der Waals surface area contributed by atoms with Crippen LogP contribution in [0.3, 0.4) is 0 Å². The molecule has 0 aliphatic carbocycles. The number of hydrogen-bond donors (Lipinski definition) is 2. The van der Waals surface area contributed by atoms with Crippen molar-refractivity contribution in [3.05, 3.63) is 0 Å². The van der Waals surface area contributed by atoms with Crippen LogP contribution in [0.1, 0.15) is 67.7 Å². The molecule has 0 aliphatic heterocycles. The molecule has 3 N–H and O–H groups in total. The molecule has 0 aromatic heterocycles. The number of nitrogens with zero attached hydrogens (tertiary/aromatic N) is 5. The maximum absolute atomic E-state index is 13.9. The summed E-state index contributed by atoms with van der Waals surface area (Å²) in [7, 11) is 3.51. The van der Waals surface area contributed by atoms with Crippen molar-refractivity contribution in [1.29, 1.82) is 0 Å². The molecule has 50 heavy (non-hydrogen) atoms. The maximum atomic E-state index is 13.9. The predicted molar refractivity (Wildman–Crippen MR) is 190 cm³/mol. The van der Waals surface area contributed by atoms with Gasteiger partial charge < -0.3 is 35.6 Å². The van der Waals surface area contributed by atoms with Crippen LogP contribution in [0.5, 0.6) is 0 Å². The van der Waals surface area contributed by atoms with Gasteiger partial charge in [-0.25, -0.2) is 8.42 Å². The minimum Gasteiger partial charge on any atom is -0.368 e. The Morgan fingerprint density at radius 2 is 1.24 bits per heavy atom. The van der Waals surface area contributed by atoms with Crippen molar-refractivity contribution in [2.75, 3.05) is 60.3 Å². The van der Waals surface area contributed by atoms with E-state index in [0.29, 0.717) is 6.42 Å². The van der Waals surface area contributed by atoms with Crippen LogP contribution in [-0.4, -0.2) is 159 Å². The summed E-state index contributed by atoms with van der Waals surface area (Å²) < 4.78 is 24.3. The molecular formula is C33H61N7O9S. The Kier molecular flexibility index (Phi) is 18.7. The van der Waals surface area contributed by atoms with Gasteiger partial charge in [0.15, 0.2) is 0 Å². The van der Waals surface area contributed by atoms with E-state index in [4.69, 9.17) is 5.73 Å². The summed E-state index contributed by atoms with van der Waals surface area (Å²) in [6.07, 6.45) is 1.46. The molecule has 0 aliphatic rings. The molecule has 17 heteroatoms. The summed E-state index contributed by atoms with van der Waals surface area (Å²) in [5.74, 6) is -5.30. The lowest BCUT2D eigenvalue weighted by atomic mass is 9.96. The van der Waals surface area contributed by atoms with Crippen molar-refractivity contribution in [3.8, 4) is 0 Å². The summed E-state index contributed by atoms with van der Waals surface area (Å²) >= 11 is 0. The molecular weight excluding hydrogens is 670 g/mol. The van der Waals surface area contributed by atoms with E-state index < -0.39 is 87.7 Å². The minimum absolute atomic E-state index is 0.101. The van der Waals surface area contributed by atoms with E-state index in [-0.39, 0.29) is 37.1 Å². The second-order valence-electron chi connectivity index (χ2n) is 14.1. The number of amides is 7. The first-order valence-electron chi connectivity index (χ1n) is 16.8.